The normalized spacial score (nSPS) is 33.1. The van der Waals surface area contributed by atoms with Gasteiger partial charge in [-0.1, -0.05) is 25.8 Å². The second kappa shape index (κ2) is 4.32. The molecule has 17 heavy (non-hydrogen) atoms. The van der Waals surface area contributed by atoms with Crippen LogP contribution in [0.25, 0.3) is 0 Å². The highest BCUT2D eigenvalue weighted by Gasteiger charge is 2.44. The summed E-state index contributed by atoms with van der Waals surface area (Å²) in [7, 11) is 0. The Bertz CT molecular complexity index is 403. The molecule has 0 aromatic heterocycles. The van der Waals surface area contributed by atoms with Crippen LogP contribution in [-0.2, 0) is 4.79 Å². The Morgan fingerprint density at radius 2 is 2.24 bits per heavy atom. The molecule has 0 spiro atoms. The summed E-state index contributed by atoms with van der Waals surface area (Å²) in [6.07, 6.45) is 7.44. The minimum atomic E-state index is 0.0245. The van der Waals surface area contributed by atoms with Gasteiger partial charge in [0, 0.05) is 5.57 Å². The highest BCUT2D eigenvalue weighted by molar-refractivity contribution is 5.95. The van der Waals surface area contributed by atoms with Crippen molar-refractivity contribution in [3.8, 4) is 0 Å². The summed E-state index contributed by atoms with van der Waals surface area (Å²) in [5, 5.41) is 10.1. The van der Waals surface area contributed by atoms with Crippen LogP contribution in [0.4, 0.5) is 0 Å². The summed E-state index contributed by atoms with van der Waals surface area (Å²) in [4.78, 5) is 11.7. The van der Waals surface area contributed by atoms with Gasteiger partial charge in [-0.2, -0.15) is 0 Å². The number of aliphatic hydroxyl groups excluding tert-OH is 1. The summed E-state index contributed by atoms with van der Waals surface area (Å²) < 4.78 is 0. The van der Waals surface area contributed by atoms with Crippen molar-refractivity contribution in [2.45, 2.75) is 52.9 Å². The molecule has 2 rings (SSSR count). The lowest BCUT2D eigenvalue weighted by Gasteiger charge is -2.45. The smallest absolute Gasteiger partial charge is 0.159 e. The minimum absolute atomic E-state index is 0.0245. The van der Waals surface area contributed by atoms with Crippen molar-refractivity contribution >= 4 is 5.78 Å². The van der Waals surface area contributed by atoms with Crippen LogP contribution >= 0.6 is 0 Å². The summed E-state index contributed by atoms with van der Waals surface area (Å²) in [5.74, 6) is 0.440. The Labute approximate surface area is 103 Å². The summed E-state index contributed by atoms with van der Waals surface area (Å²) in [5.41, 5.74) is 2.10. The third-order valence-corrected chi connectivity index (χ3v) is 4.62. The number of aliphatic hydroxyl groups is 1. The van der Waals surface area contributed by atoms with E-state index in [-0.39, 0.29) is 22.9 Å². The van der Waals surface area contributed by atoms with E-state index in [9.17, 15) is 9.90 Å². The Kier molecular flexibility index (Phi) is 3.15. The lowest BCUT2D eigenvalue weighted by Crippen LogP contribution is -2.37. The fourth-order valence-corrected chi connectivity index (χ4v) is 3.71. The van der Waals surface area contributed by atoms with Gasteiger partial charge in [0.2, 0.25) is 0 Å². The van der Waals surface area contributed by atoms with E-state index in [2.05, 4.69) is 13.8 Å². The molecule has 1 fully saturated rings. The van der Waals surface area contributed by atoms with Crippen molar-refractivity contribution in [1.29, 1.82) is 0 Å². The van der Waals surface area contributed by atoms with Gasteiger partial charge in [-0.15, -0.1) is 0 Å². The van der Waals surface area contributed by atoms with Gasteiger partial charge >= 0.3 is 0 Å². The fraction of sp³-hybridized carbons (Fsp3) is 0.667. The minimum Gasteiger partial charge on any atom is -0.508 e. The molecule has 0 saturated heterocycles. The van der Waals surface area contributed by atoms with Gasteiger partial charge in [0.25, 0.3) is 0 Å². The first kappa shape index (κ1) is 12.4. The maximum Gasteiger partial charge on any atom is 0.159 e. The molecular formula is C15H22O2. The predicted molar refractivity (Wildman–Crippen MR) is 68.8 cm³/mol. The van der Waals surface area contributed by atoms with E-state index < -0.39 is 0 Å². The molecule has 0 aromatic carbocycles. The zero-order valence-corrected chi connectivity index (χ0v) is 11.0. The highest BCUT2D eigenvalue weighted by atomic mass is 16.3. The summed E-state index contributed by atoms with van der Waals surface area (Å²) >= 11 is 0. The molecule has 2 aliphatic rings. The molecule has 0 radical (unpaired) electrons. The zero-order valence-electron chi connectivity index (χ0n) is 11.0. The van der Waals surface area contributed by atoms with Crippen LogP contribution in [0.5, 0.6) is 0 Å². The topological polar surface area (TPSA) is 37.3 Å². The molecular weight excluding hydrogens is 212 g/mol. The monoisotopic (exact) mass is 234 g/mol. The van der Waals surface area contributed by atoms with E-state index in [0.29, 0.717) is 5.57 Å². The number of ketones is 1. The maximum atomic E-state index is 11.7. The molecule has 2 atom stereocenters. The molecule has 1 saturated carbocycles. The van der Waals surface area contributed by atoms with Crippen molar-refractivity contribution < 1.29 is 9.90 Å². The zero-order chi connectivity index (χ0) is 12.6. The highest BCUT2D eigenvalue weighted by Crippen LogP contribution is 2.53. The number of Topliss-reactive ketones (excluding diaryl/α,β-unsaturated/α-hetero) is 1. The van der Waals surface area contributed by atoms with Crippen LogP contribution in [0.15, 0.2) is 23.0 Å². The van der Waals surface area contributed by atoms with Crippen LogP contribution in [0.3, 0.4) is 0 Å². The second-order valence-corrected chi connectivity index (χ2v) is 5.61. The van der Waals surface area contributed by atoms with E-state index in [1.165, 1.54) is 18.4 Å². The van der Waals surface area contributed by atoms with Gasteiger partial charge in [0.1, 0.15) is 5.76 Å². The number of hydrogen-bond donors (Lipinski definition) is 1. The third-order valence-electron chi connectivity index (χ3n) is 4.62. The quantitative estimate of drug-likeness (QED) is 0.786. The van der Waals surface area contributed by atoms with Crippen molar-refractivity contribution in [3.63, 3.8) is 0 Å². The number of hydrogen-bond acceptors (Lipinski definition) is 2. The molecule has 0 bridgehead atoms. The van der Waals surface area contributed by atoms with Crippen molar-refractivity contribution in [2.24, 2.45) is 11.3 Å². The Hall–Kier alpha value is -1.05. The van der Waals surface area contributed by atoms with Crippen molar-refractivity contribution in [2.75, 3.05) is 0 Å². The molecule has 0 aromatic rings. The van der Waals surface area contributed by atoms with E-state index >= 15 is 0 Å². The lowest BCUT2D eigenvalue weighted by atomic mass is 9.58. The Morgan fingerprint density at radius 1 is 1.53 bits per heavy atom. The third kappa shape index (κ3) is 1.84. The number of carbonyl (C=O) groups excluding carboxylic acids is 1. The molecule has 94 valence electrons. The average Bonchev–Trinajstić information content (AvgIpc) is 2.27. The van der Waals surface area contributed by atoms with Crippen molar-refractivity contribution in [3.05, 3.63) is 23.0 Å². The first-order chi connectivity index (χ1) is 8.00. The molecule has 0 heterocycles. The molecule has 0 aliphatic heterocycles. The molecule has 0 amide bonds. The molecule has 2 heteroatoms. The van der Waals surface area contributed by atoms with Crippen LogP contribution in [0.1, 0.15) is 52.9 Å². The molecule has 2 nitrogen and oxygen atoms in total. The van der Waals surface area contributed by atoms with Gasteiger partial charge in [-0.25, -0.2) is 0 Å². The van der Waals surface area contributed by atoms with Gasteiger partial charge in [0.05, 0.1) is 0 Å². The Balaban J connectivity index is 2.52. The lowest BCUT2D eigenvalue weighted by molar-refractivity contribution is -0.114. The second-order valence-electron chi connectivity index (χ2n) is 5.61. The van der Waals surface area contributed by atoms with Crippen LogP contribution < -0.4 is 0 Å². The Morgan fingerprint density at radius 3 is 2.82 bits per heavy atom. The van der Waals surface area contributed by atoms with Gasteiger partial charge < -0.3 is 5.11 Å². The largest absolute Gasteiger partial charge is 0.508 e. The maximum absolute atomic E-state index is 11.7. The van der Waals surface area contributed by atoms with Crippen LogP contribution in [-0.4, -0.2) is 10.9 Å². The van der Waals surface area contributed by atoms with Gasteiger partial charge in [-0.3, -0.25) is 4.79 Å². The summed E-state index contributed by atoms with van der Waals surface area (Å²) in [6.45, 7) is 5.95. The van der Waals surface area contributed by atoms with Gasteiger partial charge in [-0.05, 0) is 50.0 Å². The van der Waals surface area contributed by atoms with Crippen LogP contribution in [0, 0.1) is 11.3 Å². The fourth-order valence-electron chi connectivity index (χ4n) is 3.71. The van der Waals surface area contributed by atoms with E-state index in [4.69, 9.17) is 0 Å². The SMILES string of the molecule is CCC1C(C(C)=O)=C(O)C=C2CCCCC21C. The average molecular weight is 234 g/mol. The predicted octanol–water partition coefficient (Wildman–Crippen LogP) is 3.93. The van der Waals surface area contributed by atoms with E-state index in [0.717, 1.165) is 19.3 Å². The number of rotatable bonds is 2. The first-order valence-electron chi connectivity index (χ1n) is 6.65. The first-order valence-corrected chi connectivity index (χ1v) is 6.65. The number of carbonyl (C=O) groups is 1. The van der Waals surface area contributed by atoms with E-state index in [1.807, 2.05) is 6.08 Å². The summed E-state index contributed by atoms with van der Waals surface area (Å²) in [6, 6.07) is 0. The van der Waals surface area contributed by atoms with E-state index in [1.54, 1.807) is 6.92 Å². The molecule has 1 N–H and O–H groups in total. The molecule has 2 unspecified atom stereocenters. The number of allylic oxidation sites excluding steroid dienone is 3. The van der Waals surface area contributed by atoms with Crippen LogP contribution in [0.2, 0.25) is 0 Å². The molecule has 2 aliphatic carbocycles. The van der Waals surface area contributed by atoms with Crippen molar-refractivity contribution in [1.82, 2.24) is 0 Å². The number of fused-ring (bicyclic) bond motifs is 1. The standard InChI is InChI=1S/C15H22O2/c1-4-12-14(10(2)16)13(17)9-11-7-5-6-8-15(11,12)3/h9,12,17H,4-8H2,1-3H3. The van der Waals surface area contributed by atoms with Gasteiger partial charge in [0.15, 0.2) is 5.78 Å².